The number of fused-ring (bicyclic) bond motifs is 1. The molecule has 3 aliphatic heterocycles. The third-order valence-corrected chi connectivity index (χ3v) is 9.04. The molecule has 0 radical (unpaired) electrons. The number of anilines is 4. The van der Waals surface area contributed by atoms with Crippen LogP contribution >= 0.6 is 0 Å². The predicted molar refractivity (Wildman–Crippen MR) is 149 cm³/mol. The van der Waals surface area contributed by atoms with Crippen LogP contribution in [-0.2, 0) is 16.0 Å². The van der Waals surface area contributed by atoms with Crippen molar-refractivity contribution in [3.8, 4) is 0 Å². The molecule has 3 fully saturated rings. The second-order valence-electron chi connectivity index (χ2n) is 11.7. The maximum Gasteiger partial charge on any atom is 0.244 e. The molecule has 4 aliphatic rings. The van der Waals surface area contributed by atoms with E-state index in [2.05, 4.69) is 58.2 Å². The highest BCUT2D eigenvalue weighted by Crippen LogP contribution is 2.46. The van der Waals surface area contributed by atoms with Crippen molar-refractivity contribution >= 4 is 35.0 Å². The van der Waals surface area contributed by atoms with E-state index in [0.717, 1.165) is 63.1 Å². The molecule has 6 rings (SSSR count). The zero-order valence-electron chi connectivity index (χ0n) is 22.8. The summed E-state index contributed by atoms with van der Waals surface area (Å²) in [5, 5.41) is 3.35. The Morgan fingerprint density at radius 2 is 1.68 bits per heavy atom. The van der Waals surface area contributed by atoms with Gasteiger partial charge in [0.15, 0.2) is 0 Å². The fraction of sp³-hybridized carbons (Fsp3) is 0.586. The van der Waals surface area contributed by atoms with E-state index in [1.165, 1.54) is 5.69 Å². The SMILES string of the molecule is CC(C)N1CCN(c2ccc(Nc3ncc4c(n3)N(C3CCCC3)C(=O)C3(CCN(C)C3=O)C4)cc2)CC1. The molecular weight excluding hydrogens is 478 g/mol. The molecule has 1 unspecified atom stereocenters. The molecular formula is C29H39N7O2. The van der Waals surface area contributed by atoms with Crippen molar-refractivity contribution in [3.63, 3.8) is 0 Å². The van der Waals surface area contributed by atoms with Gasteiger partial charge in [-0.05, 0) is 57.4 Å². The van der Waals surface area contributed by atoms with Gasteiger partial charge >= 0.3 is 0 Å². The van der Waals surface area contributed by atoms with E-state index in [1.54, 1.807) is 11.9 Å². The maximum atomic E-state index is 14.0. The first-order valence-electron chi connectivity index (χ1n) is 14.2. The number of rotatable bonds is 5. The maximum absolute atomic E-state index is 14.0. The molecule has 1 saturated carbocycles. The third kappa shape index (κ3) is 4.30. The van der Waals surface area contributed by atoms with E-state index >= 15 is 0 Å². The molecule has 2 amide bonds. The Kier molecular flexibility index (Phi) is 6.50. The number of piperazine rings is 1. The largest absolute Gasteiger partial charge is 0.369 e. The van der Waals surface area contributed by atoms with Crippen molar-refractivity contribution < 1.29 is 9.59 Å². The van der Waals surface area contributed by atoms with Gasteiger partial charge in [0.2, 0.25) is 17.8 Å². The van der Waals surface area contributed by atoms with Gasteiger partial charge in [-0.2, -0.15) is 4.98 Å². The number of nitrogens with one attached hydrogen (secondary N) is 1. The molecule has 9 nitrogen and oxygen atoms in total. The van der Waals surface area contributed by atoms with E-state index in [1.807, 2.05) is 11.1 Å². The minimum Gasteiger partial charge on any atom is -0.369 e. The Labute approximate surface area is 225 Å². The van der Waals surface area contributed by atoms with Crippen LogP contribution in [0.5, 0.6) is 0 Å². The summed E-state index contributed by atoms with van der Waals surface area (Å²) in [6, 6.07) is 9.10. The van der Waals surface area contributed by atoms with Gasteiger partial charge < -0.3 is 15.1 Å². The van der Waals surface area contributed by atoms with Gasteiger partial charge in [0.25, 0.3) is 0 Å². The fourth-order valence-electron chi connectivity index (χ4n) is 6.70. The highest BCUT2D eigenvalue weighted by atomic mass is 16.2. The molecule has 0 bridgehead atoms. The first-order chi connectivity index (χ1) is 18.4. The van der Waals surface area contributed by atoms with Crippen molar-refractivity contribution in [1.82, 2.24) is 19.8 Å². The summed E-state index contributed by atoms with van der Waals surface area (Å²) < 4.78 is 0. The lowest BCUT2D eigenvalue weighted by Gasteiger charge is -2.41. The standard InChI is InChI=1S/C29H39N7O2/c1-20(2)34-14-16-35(17-15-34)23-10-8-22(9-11-23)31-28-30-19-21-18-29(12-13-33(3)26(29)37)27(38)36(25(21)32-28)24-6-4-5-7-24/h8-11,19-20,24H,4-7,12-18H2,1-3H3,(H,30,31,32). The van der Waals surface area contributed by atoms with Gasteiger partial charge in [-0.25, -0.2) is 4.98 Å². The Hall–Kier alpha value is -3.20. The number of benzene rings is 1. The first-order valence-corrected chi connectivity index (χ1v) is 14.2. The average molecular weight is 518 g/mol. The molecule has 1 atom stereocenters. The molecule has 2 aromatic rings. The van der Waals surface area contributed by atoms with Crippen LogP contribution < -0.4 is 15.1 Å². The minimum absolute atomic E-state index is 0.0657. The number of amides is 2. The van der Waals surface area contributed by atoms with Crippen LogP contribution in [0.2, 0.25) is 0 Å². The molecule has 4 heterocycles. The summed E-state index contributed by atoms with van der Waals surface area (Å²) in [6.07, 6.45) is 6.85. The Balaban J connectivity index is 1.22. The van der Waals surface area contributed by atoms with Crippen LogP contribution in [0.25, 0.3) is 0 Å². The van der Waals surface area contributed by atoms with Gasteiger partial charge in [-0.3, -0.25) is 19.4 Å². The number of hydrogen-bond acceptors (Lipinski definition) is 7. The molecule has 202 valence electrons. The minimum atomic E-state index is -1.00. The molecule has 1 N–H and O–H groups in total. The number of likely N-dealkylation sites (tertiary alicyclic amines) is 1. The summed E-state index contributed by atoms with van der Waals surface area (Å²) >= 11 is 0. The molecule has 1 spiro atoms. The lowest BCUT2D eigenvalue weighted by Crippen LogP contribution is -2.56. The van der Waals surface area contributed by atoms with Crippen LogP contribution in [0, 0.1) is 5.41 Å². The summed E-state index contributed by atoms with van der Waals surface area (Å²) in [6.45, 7) is 9.36. The van der Waals surface area contributed by atoms with Crippen LogP contribution in [0.15, 0.2) is 30.5 Å². The van der Waals surface area contributed by atoms with Gasteiger partial charge in [0.1, 0.15) is 11.2 Å². The first kappa shape index (κ1) is 25.1. The van der Waals surface area contributed by atoms with Crippen LogP contribution in [0.4, 0.5) is 23.1 Å². The Morgan fingerprint density at radius 1 is 0.974 bits per heavy atom. The number of carbonyl (C=O) groups is 2. The Bertz CT molecular complexity index is 1200. The number of nitrogens with zero attached hydrogens (tertiary/aromatic N) is 6. The third-order valence-electron chi connectivity index (χ3n) is 9.04. The number of aromatic nitrogens is 2. The molecule has 9 heteroatoms. The van der Waals surface area contributed by atoms with E-state index in [9.17, 15) is 9.59 Å². The summed E-state index contributed by atoms with van der Waals surface area (Å²) in [4.78, 5) is 45.1. The zero-order valence-corrected chi connectivity index (χ0v) is 22.8. The lowest BCUT2D eigenvalue weighted by atomic mass is 9.76. The number of carbonyl (C=O) groups excluding carboxylic acids is 2. The van der Waals surface area contributed by atoms with Crippen LogP contribution in [0.3, 0.4) is 0 Å². The summed E-state index contributed by atoms with van der Waals surface area (Å²) in [7, 11) is 1.79. The highest BCUT2D eigenvalue weighted by Gasteiger charge is 2.57. The molecule has 1 aromatic carbocycles. The fourth-order valence-corrected chi connectivity index (χ4v) is 6.70. The van der Waals surface area contributed by atoms with Crippen LogP contribution in [0.1, 0.15) is 51.5 Å². The van der Waals surface area contributed by atoms with Crippen molar-refractivity contribution in [2.24, 2.45) is 5.41 Å². The lowest BCUT2D eigenvalue weighted by molar-refractivity contribution is -0.144. The van der Waals surface area contributed by atoms with Gasteiger partial charge in [0, 0.05) is 81.4 Å². The van der Waals surface area contributed by atoms with Gasteiger partial charge in [0.05, 0.1) is 0 Å². The zero-order chi connectivity index (χ0) is 26.4. The van der Waals surface area contributed by atoms with E-state index < -0.39 is 5.41 Å². The predicted octanol–water partition coefficient (Wildman–Crippen LogP) is 3.43. The van der Waals surface area contributed by atoms with Crippen LogP contribution in [-0.4, -0.2) is 83.4 Å². The second kappa shape index (κ2) is 9.84. The van der Waals surface area contributed by atoms with Gasteiger partial charge in [-0.1, -0.05) is 12.8 Å². The van der Waals surface area contributed by atoms with Crippen molar-refractivity contribution in [2.75, 3.05) is 54.9 Å². The second-order valence-corrected chi connectivity index (χ2v) is 11.7. The van der Waals surface area contributed by atoms with E-state index in [0.29, 0.717) is 37.2 Å². The monoisotopic (exact) mass is 517 g/mol. The van der Waals surface area contributed by atoms with E-state index in [4.69, 9.17) is 4.98 Å². The highest BCUT2D eigenvalue weighted by molar-refractivity contribution is 6.14. The smallest absolute Gasteiger partial charge is 0.244 e. The van der Waals surface area contributed by atoms with Crippen molar-refractivity contribution in [3.05, 3.63) is 36.0 Å². The van der Waals surface area contributed by atoms with Crippen molar-refractivity contribution in [1.29, 1.82) is 0 Å². The molecule has 2 saturated heterocycles. The average Bonchev–Trinajstić information content (AvgIpc) is 3.55. The Morgan fingerprint density at radius 3 is 2.32 bits per heavy atom. The summed E-state index contributed by atoms with van der Waals surface area (Å²) in [5.41, 5.74) is 2.02. The molecule has 1 aliphatic carbocycles. The van der Waals surface area contributed by atoms with Crippen molar-refractivity contribution in [2.45, 2.75) is 64.5 Å². The molecule has 1 aromatic heterocycles. The van der Waals surface area contributed by atoms with E-state index in [-0.39, 0.29) is 17.9 Å². The molecule has 38 heavy (non-hydrogen) atoms. The normalized spacial score (nSPS) is 24.7. The quantitative estimate of drug-likeness (QED) is 0.609. The summed E-state index contributed by atoms with van der Waals surface area (Å²) in [5.74, 6) is 1.01. The number of hydrogen-bond donors (Lipinski definition) is 1. The topological polar surface area (TPSA) is 84.9 Å². The van der Waals surface area contributed by atoms with Gasteiger partial charge in [-0.15, -0.1) is 0 Å².